The van der Waals surface area contributed by atoms with Gasteiger partial charge in [-0.05, 0) is 55.1 Å². The highest BCUT2D eigenvalue weighted by atomic mass is 16.7. The molecule has 1 aromatic rings. The van der Waals surface area contributed by atoms with Crippen molar-refractivity contribution in [2.45, 2.75) is 217 Å². The molecule has 0 saturated carbocycles. The van der Waals surface area contributed by atoms with Crippen LogP contribution in [0.15, 0.2) is 4.79 Å². The molecule has 1 aromatic heterocycles. The van der Waals surface area contributed by atoms with Crippen molar-refractivity contribution >= 4 is 0 Å². The standard InChI is InChI=1S/C40H77N5O9/c1-2-3-4-5-6-7-8-9-10-14-17-20-23-33(47)35(48)32(30-53-39-38(51)37(50)36(49)34(29-46)54-39)45-40(52)44(42-43-45)28-21-18-15-12-11-13-16-19-22-31-24-26-41-27-25-31/h31-39,41,46-51H,2-30H2,1H3/t32-,33+,34?,35-,36?,37?,38?,39?/m0/s1. The lowest BCUT2D eigenvalue weighted by Crippen LogP contribution is -2.59. The van der Waals surface area contributed by atoms with Crippen LogP contribution in [-0.4, -0.2) is 120 Å². The van der Waals surface area contributed by atoms with Gasteiger partial charge < -0.3 is 45.4 Å². The summed E-state index contributed by atoms with van der Waals surface area (Å²) in [5.41, 5.74) is -0.553. The first-order valence-corrected chi connectivity index (χ1v) is 21.8. The third-order valence-electron chi connectivity index (χ3n) is 11.6. The average molecular weight is 772 g/mol. The second-order valence-electron chi connectivity index (χ2n) is 16.1. The molecule has 3 heterocycles. The second kappa shape index (κ2) is 28.0. The lowest BCUT2D eigenvalue weighted by atomic mass is 9.92. The van der Waals surface area contributed by atoms with Gasteiger partial charge in [0.15, 0.2) is 6.29 Å². The van der Waals surface area contributed by atoms with E-state index < -0.39 is 67.9 Å². The molecule has 0 aromatic carbocycles. The number of aromatic nitrogens is 4. The lowest BCUT2D eigenvalue weighted by Gasteiger charge is -2.40. The van der Waals surface area contributed by atoms with Crippen LogP contribution < -0.4 is 11.0 Å². The monoisotopic (exact) mass is 772 g/mol. The Morgan fingerprint density at radius 2 is 1.31 bits per heavy atom. The smallest absolute Gasteiger partial charge is 0.364 e. The SMILES string of the molecule is CCCCCCCCCCCCCC[C@@H](O)[C@@H](O)[C@H](COC1OC(CO)C(O)C(O)C1O)n1nnn(CCCCCCCCCCC2CCNCC2)c1=O. The van der Waals surface area contributed by atoms with Crippen molar-refractivity contribution in [2.75, 3.05) is 26.3 Å². The minimum absolute atomic E-state index is 0.316. The number of nitrogens with zero attached hydrogens (tertiary/aromatic N) is 4. The van der Waals surface area contributed by atoms with Crippen molar-refractivity contribution in [3.63, 3.8) is 0 Å². The molecule has 2 fully saturated rings. The van der Waals surface area contributed by atoms with Crippen molar-refractivity contribution in [1.82, 2.24) is 25.1 Å². The Hall–Kier alpha value is -1.49. The van der Waals surface area contributed by atoms with Crippen LogP contribution in [0.25, 0.3) is 0 Å². The van der Waals surface area contributed by atoms with Crippen LogP contribution >= 0.6 is 0 Å². The number of piperidine rings is 1. The van der Waals surface area contributed by atoms with E-state index >= 15 is 0 Å². The second-order valence-corrected chi connectivity index (χ2v) is 16.1. The van der Waals surface area contributed by atoms with E-state index in [1.807, 2.05) is 0 Å². The van der Waals surface area contributed by atoms with Crippen LogP contribution in [0.4, 0.5) is 0 Å². The van der Waals surface area contributed by atoms with E-state index in [1.54, 1.807) is 0 Å². The number of tetrazole rings is 1. The van der Waals surface area contributed by atoms with E-state index in [-0.39, 0.29) is 0 Å². The van der Waals surface area contributed by atoms with Gasteiger partial charge in [-0.25, -0.2) is 4.79 Å². The van der Waals surface area contributed by atoms with Gasteiger partial charge in [0.1, 0.15) is 36.6 Å². The summed E-state index contributed by atoms with van der Waals surface area (Å²) in [6.45, 7) is 3.89. The maximum atomic E-state index is 13.5. The summed E-state index contributed by atoms with van der Waals surface area (Å²) in [5.74, 6) is 0.898. The Labute approximate surface area is 324 Å². The van der Waals surface area contributed by atoms with Crippen LogP contribution in [0.1, 0.15) is 167 Å². The quantitative estimate of drug-likeness (QED) is 0.0533. The number of ether oxygens (including phenoxy) is 2. The molecule has 2 saturated heterocycles. The predicted octanol–water partition coefficient (Wildman–Crippen LogP) is 4.12. The molecule has 0 amide bonds. The minimum Gasteiger partial charge on any atom is -0.394 e. The summed E-state index contributed by atoms with van der Waals surface area (Å²) in [6, 6.07) is -1.18. The van der Waals surface area contributed by atoms with Gasteiger partial charge in [0.2, 0.25) is 0 Å². The molecule has 0 spiro atoms. The van der Waals surface area contributed by atoms with Crippen LogP contribution in [0.5, 0.6) is 0 Å². The van der Waals surface area contributed by atoms with Gasteiger partial charge in [0.25, 0.3) is 0 Å². The summed E-state index contributed by atoms with van der Waals surface area (Å²) < 4.78 is 13.5. The van der Waals surface area contributed by atoms with Crippen molar-refractivity contribution in [3.8, 4) is 0 Å². The molecule has 0 aliphatic carbocycles. The average Bonchev–Trinajstić information content (AvgIpc) is 3.55. The number of hydrogen-bond acceptors (Lipinski definition) is 12. The molecule has 316 valence electrons. The van der Waals surface area contributed by atoms with Crippen molar-refractivity contribution < 1.29 is 40.1 Å². The summed E-state index contributed by atoms with van der Waals surface area (Å²) in [7, 11) is 0. The zero-order chi connectivity index (χ0) is 39.0. The number of rotatable bonds is 31. The highest BCUT2D eigenvalue weighted by Gasteiger charge is 2.45. The topological polar surface area (TPSA) is 205 Å². The van der Waals surface area contributed by atoms with E-state index in [2.05, 4.69) is 22.7 Å². The first kappa shape index (κ1) is 46.9. The fraction of sp³-hybridized carbons (Fsp3) is 0.975. The zero-order valence-corrected chi connectivity index (χ0v) is 33.4. The fourth-order valence-corrected chi connectivity index (χ4v) is 7.89. The van der Waals surface area contributed by atoms with E-state index in [4.69, 9.17) is 9.47 Å². The predicted molar refractivity (Wildman–Crippen MR) is 208 cm³/mol. The molecule has 7 N–H and O–H groups in total. The van der Waals surface area contributed by atoms with Gasteiger partial charge in [-0.2, -0.15) is 9.36 Å². The van der Waals surface area contributed by atoms with Crippen molar-refractivity contribution in [1.29, 1.82) is 0 Å². The van der Waals surface area contributed by atoms with Crippen LogP contribution in [0, 0.1) is 5.92 Å². The van der Waals surface area contributed by atoms with Gasteiger partial charge in [-0.1, -0.05) is 135 Å². The normalized spacial score (nSPS) is 24.2. The van der Waals surface area contributed by atoms with Gasteiger partial charge >= 0.3 is 5.69 Å². The number of aryl methyl sites for hydroxylation is 1. The van der Waals surface area contributed by atoms with Gasteiger partial charge in [0, 0.05) is 6.54 Å². The van der Waals surface area contributed by atoms with Gasteiger partial charge in [-0.3, -0.25) is 0 Å². The zero-order valence-electron chi connectivity index (χ0n) is 33.4. The molecular formula is C40H77N5O9. The third kappa shape index (κ3) is 16.9. The van der Waals surface area contributed by atoms with Crippen molar-refractivity contribution in [2.24, 2.45) is 5.92 Å². The number of unbranched alkanes of at least 4 members (excludes halogenated alkanes) is 18. The Balaban J connectivity index is 1.45. The first-order chi connectivity index (χ1) is 26.3. The van der Waals surface area contributed by atoms with Gasteiger partial charge in [0.05, 0.1) is 19.3 Å². The molecule has 8 atom stereocenters. The van der Waals surface area contributed by atoms with Crippen LogP contribution in [0.3, 0.4) is 0 Å². The molecule has 2 aliphatic rings. The molecule has 5 unspecified atom stereocenters. The molecule has 14 heteroatoms. The summed E-state index contributed by atoms with van der Waals surface area (Å²) in [4.78, 5) is 13.5. The summed E-state index contributed by atoms with van der Waals surface area (Å²) >= 11 is 0. The molecule has 3 rings (SSSR count). The highest BCUT2D eigenvalue weighted by molar-refractivity contribution is 4.89. The Morgan fingerprint density at radius 3 is 1.91 bits per heavy atom. The maximum Gasteiger partial charge on any atom is 0.364 e. The van der Waals surface area contributed by atoms with E-state index in [9.17, 15) is 35.4 Å². The Bertz CT molecular complexity index is 1120. The van der Waals surface area contributed by atoms with Crippen LogP contribution in [0.2, 0.25) is 0 Å². The fourth-order valence-electron chi connectivity index (χ4n) is 7.89. The summed E-state index contributed by atoms with van der Waals surface area (Å²) in [5, 5.41) is 74.4. The van der Waals surface area contributed by atoms with Crippen LogP contribution in [-0.2, 0) is 16.0 Å². The lowest BCUT2D eigenvalue weighted by molar-refractivity contribution is -0.304. The Kier molecular flexibility index (Phi) is 24.3. The van der Waals surface area contributed by atoms with E-state index in [0.717, 1.165) is 68.6 Å². The molecule has 54 heavy (non-hydrogen) atoms. The van der Waals surface area contributed by atoms with Gasteiger partial charge in [-0.15, -0.1) is 0 Å². The molecule has 0 radical (unpaired) electrons. The summed E-state index contributed by atoms with van der Waals surface area (Å²) in [6.07, 6.45) is 17.3. The highest BCUT2D eigenvalue weighted by Crippen LogP contribution is 2.25. The number of aliphatic hydroxyl groups is 6. The Morgan fingerprint density at radius 1 is 0.759 bits per heavy atom. The molecule has 14 nitrogen and oxygen atoms in total. The molecule has 0 bridgehead atoms. The van der Waals surface area contributed by atoms with E-state index in [1.165, 1.54) is 101 Å². The van der Waals surface area contributed by atoms with Crippen molar-refractivity contribution in [3.05, 3.63) is 10.5 Å². The molecule has 2 aliphatic heterocycles. The number of nitrogens with one attached hydrogen (secondary N) is 1. The van der Waals surface area contributed by atoms with E-state index in [0.29, 0.717) is 19.4 Å². The minimum atomic E-state index is -1.65. The maximum absolute atomic E-state index is 13.5. The number of hydrogen-bond donors (Lipinski definition) is 7. The first-order valence-electron chi connectivity index (χ1n) is 21.8. The third-order valence-corrected chi connectivity index (χ3v) is 11.6. The number of aliphatic hydroxyl groups excluding tert-OH is 6. The molecular weight excluding hydrogens is 694 g/mol. The largest absolute Gasteiger partial charge is 0.394 e.